The van der Waals surface area contributed by atoms with Crippen LogP contribution in [0.25, 0.3) is 0 Å². The van der Waals surface area contributed by atoms with Crippen LogP contribution in [-0.4, -0.2) is 21.0 Å². The van der Waals surface area contributed by atoms with Crippen molar-refractivity contribution in [3.05, 3.63) is 82.4 Å². The van der Waals surface area contributed by atoms with Gasteiger partial charge in [0.1, 0.15) is 5.75 Å². The Kier molecular flexibility index (Phi) is 3.79. The first-order valence-corrected chi connectivity index (χ1v) is 9.30. The standard InChI is InChI=1S/C22H19N3O3/c1-12-19-20(14-3-2-8-23-11-14)21-17(24-22(19)28-25-12)9-15(10-18(21)27)13-4-6-16(26)7-5-13/h2-8,11,15,20,24,26H,9-10H2,1H3/t15-,20-/m0/s1. The van der Waals surface area contributed by atoms with Gasteiger partial charge in [0.15, 0.2) is 5.78 Å². The zero-order chi connectivity index (χ0) is 19.3. The molecule has 140 valence electrons. The number of allylic oxidation sites excluding steroid dienone is 2. The number of carbonyl (C=O) groups excluding carboxylic acids is 1. The zero-order valence-corrected chi connectivity index (χ0v) is 15.3. The maximum Gasteiger partial charge on any atom is 0.233 e. The van der Waals surface area contributed by atoms with Crippen LogP contribution in [0.15, 0.2) is 64.6 Å². The molecule has 2 N–H and O–H groups in total. The molecular formula is C22H19N3O3. The number of phenols is 1. The SMILES string of the molecule is Cc1noc2c1[C@H](c1cccnc1)C1=C(C[C@H](c3ccc(O)cc3)CC1=O)N2. The number of nitrogens with zero attached hydrogens (tertiary/aromatic N) is 2. The molecule has 3 heterocycles. The first-order chi connectivity index (χ1) is 13.6. The van der Waals surface area contributed by atoms with Crippen molar-refractivity contribution < 1.29 is 14.4 Å². The van der Waals surface area contributed by atoms with Crippen LogP contribution in [0, 0.1) is 6.92 Å². The van der Waals surface area contributed by atoms with Crippen LogP contribution in [0.2, 0.25) is 0 Å². The van der Waals surface area contributed by atoms with Gasteiger partial charge in [-0.25, -0.2) is 0 Å². The van der Waals surface area contributed by atoms with Crippen molar-refractivity contribution in [2.24, 2.45) is 0 Å². The van der Waals surface area contributed by atoms with Crippen LogP contribution in [0.5, 0.6) is 5.75 Å². The average molecular weight is 373 g/mol. The highest BCUT2D eigenvalue weighted by molar-refractivity contribution is 6.01. The maximum absolute atomic E-state index is 13.3. The minimum absolute atomic E-state index is 0.0551. The molecule has 2 aromatic heterocycles. The third-order valence-electron chi connectivity index (χ3n) is 5.64. The fourth-order valence-corrected chi connectivity index (χ4v) is 4.33. The lowest BCUT2D eigenvalue weighted by atomic mass is 9.72. The fraction of sp³-hybridized carbons (Fsp3) is 0.227. The van der Waals surface area contributed by atoms with Crippen molar-refractivity contribution in [3.8, 4) is 5.75 Å². The van der Waals surface area contributed by atoms with Gasteiger partial charge in [-0.3, -0.25) is 9.78 Å². The lowest BCUT2D eigenvalue weighted by Crippen LogP contribution is -2.29. The van der Waals surface area contributed by atoms with E-state index in [9.17, 15) is 9.90 Å². The molecule has 1 aliphatic carbocycles. The summed E-state index contributed by atoms with van der Waals surface area (Å²) in [4.78, 5) is 17.5. The predicted molar refractivity (Wildman–Crippen MR) is 103 cm³/mol. The molecule has 0 saturated carbocycles. The van der Waals surface area contributed by atoms with E-state index in [0.29, 0.717) is 18.7 Å². The molecule has 0 fully saturated rings. The second kappa shape index (κ2) is 6.34. The lowest BCUT2D eigenvalue weighted by Gasteiger charge is -2.34. The Morgan fingerprint density at radius 1 is 1.14 bits per heavy atom. The van der Waals surface area contributed by atoms with E-state index < -0.39 is 0 Å². The highest BCUT2D eigenvalue weighted by Crippen LogP contribution is 2.48. The van der Waals surface area contributed by atoms with Gasteiger partial charge in [-0.1, -0.05) is 23.4 Å². The number of anilines is 1. The highest BCUT2D eigenvalue weighted by Gasteiger charge is 2.41. The minimum Gasteiger partial charge on any atom is -0.508 e. The quantitative estimate of drug-likeness (QED) is 0.705. The molecule has 28 heavy (non-hydrogen) atoms. The number of pyridine rings is 1. The van der Waals surface area contributed by atoms with Gasteiger partial charge in [0.2, 0.25) is 5.88 Å². The second-order valence-corrected chi connectivity index (χ2v) is 7.37. The van der Waals surface area contributed by atoms with Crippen molar-refractivity contribution in [2.75, 3.05) is 5.32 Å². The van der Waals surface area contributed by atoms with Crippen LogP contribution in [0.4, 0.5) is 5.88 Å². The number of phenolic OH excluding ortho intramolecular Hbond substituents is 1. The van der Waals surface area contributed by atoms with Crippen molar-refractivity contribution in [2.45, 2.75) is 31.6 Å². The molecule has 1 aliphatic heterocycles. The number of aromatic hydroxyl groups is 1. The summed E-state index contributed by atoms with van der Waals surface area (Å²) in [7, 11) is 0. The van der Waals surface area contributed by atoms with Crippen molar-refractivity contribution in [1.29, 1.82) is 0 Å². The van der Waals surface area contributed by atoms with E-state index in [2.05, 4.69) is 15.5 Å². The summed E-state index contributed by atoms with van der Waals surface area (Å²) in [5.74, 6) is 0.773. The Labute approximate surface area is 161 Å². The summed E-state index contributed by atoms with van der Waals surface area (Å²) < 4.78 is 5.52. The number of hydrogen-bond acceptors (Lipinski definition) is 6. The number of nitrogens with one attached hydrogen (secondary N) is 1. The van der Waals surface area contributed by atoms with Crippen LogP contribution in [-0.2, 0) is 4.79 Å². The molecule has 2 atom stereocenters. The van der Waals surface area contributed by atoms with Gasteiger partial charge in [0.05, 0.1) is 11.3 Å². The van der Waals surface area contributed by atoms with Gasteiger partial charge in [0.25, 0.3) is 0 Å². The highest BCUT2D eigenvalue weighted by atomic mass is 16.5. The number of aromatic nitrogens is 2. The summed E-state index contributed by atoms with van der Waals surface area (Å²) in [5, 5.41) is 17.0. The van der Waals surface area contributed by atoms with E-state index in [-0.39, 0.29) is 23.4 Å². The summed E-state index contributed by atoms with van der Waals surface area (Å²) in [6, 6.07) is 11.0. The van der Waals surface area contributed by atoms with Crippen molar-refractivity contribution in [3.63, 3.8) is 0 Å². The van der Waals surface area contributed by atoms with Crippen LogP contribution in [0.1, 0.15) is 47.1 Å². The maximum atomic E-state index is 13.3. The Morgan fingerprint density at radius 2 is 1.96 bits per heavy atom. The molecule has 0 amide bonds. The van der Waals surface area contributed by atoms with E-state index in [1.165, 1.54) is 0 Å². The third kappa shape index (κ3) is 2.60. The molecule has 3 aromatic rings. The van der Waals surface area contributed by atoms with Crippen LogP contribution >= 0.6 is 0 Å². The van der Waals surface area contributed by atoms with E-state index in [1.54, 1.807) is 24.5 Å². The molecule has 0 radical (unpaired) electrons. The Hall–Kier alpha value is -3.41. The summed E-state index contributed by atoms with van der Waals surface area (Å²) in [6.45, 7) is 1.89. The summed E-state index contributed by atoms with van der Waals surface area (Å²) in [6.07, 6.45) is 4.66. The first-order valence-electron chi connectivity index (χ1n) is 9.30. The molecule has 1 aromatic carbocycles. The molecule has 5 rings (SSSR count). The van der Waals surface area contributed by atoms with Gasteiger partial charge in [0, 0.05) is 36.0 Å². The Morgan fingerprint density at radius 3 is 2.71 bits per heavy atom. The van der Waals surface area contributed by atoms with Gasteiger partial charge < -0.3 is 14.9 Å². The zero-order valence-electron chi connectivity index (χ0n) is 15.3. The Balaban J connectivity index is 1.61. The van der Waals surface area contributed by atoms with Gasteiger partial charge in [-0.05, 0) is 48.6 Å². The molecule has 0 bridgehead atoms. The molecule has 0 spiro atoms. The van der Waals surface area contributed by atoms with Crippen LogP contribution < -0.4 is 5.32 Å². The number of Topliss-reactive ketones (excluding diaryl/α,β-unsaturated/α-hetero) is 1. The van der Waals surface area contributed by atoms with Gasteiger partial charge in [-0.15, -0.1) is 0 Å². The van der Waals surface area contributed by atoms with Crippen LogP contribution in [0.3, 0.4) is 0 Å². The average Bonchev–Trinajstić information content (AvgIpc) is 3.08. The normalized spacial score (nSPS) is 21.1. The van der Waals surface area contributed by atoms with Crippen molar-refractivity contribution in [1.82, 2.24) is 10.1 Å². The van der Waals surface area contributed by atoms with Gasteiger partial charge in [-0.2, -0.15) is 0 Å². The first kappa shape index (κ1) is 16.7. The summed E-state index contributed by atoms with van der Waals surface area (Å²) in [5.41, 5.74) is 5.34. The fourth-order valence-electron chi connectivity index (χ4n) is 4.33. The van der Waals surface area contributed by atoms with Crippen molar-refractivity contribution >= 4 is 11.7 Å². The third-order valence-corrected chi connectivity index (χ3v) is 5.64. The number of fused-ring (bicyclic) bond motifs is 1. The Bertz CT molecular complexity index is 1080. The monoisotopic (exact) mass is 373 g/mol. The molecule has 2 aliphatic rings. The number of rotatable bonds is 2. The summed E-state index contributed by atoms with van der Waals surface area (Å²) >= 11 is 0. The molecular weight excluding hydrogens is 354 g/mol. The molecule has 6 heteroatoms. The minimum atomic E-state index is -0.223. The number of hydrogen-bond donors (Lipinski definition) is 2. The lowest BCUT2D eigenvalue weighted by molar-refractivity contribution is -0.116. The van der Waals surface area contributed by atoms with E-state index in [1.807, 2.05) is 31.2 Å². The predicted octanol–water partition coefficient (Wildman–Crippen LogP) is 4.04. The molecule has 0 unspecified atom stereocenters. The smallest absolute Gasteiger partial charge is 0.233 e. The molecule has 6 nitrogen and oxygen atoms in total. The number of carbonyl (C=O) groups is 1. The van der Waals surface area contributed by atoms with E-state index >= 15 is 0 Å². The number of aryl methyl sites for hydroxylation is 1. The second-order valence-electron chi connectivity index (χ2n) is 7.37. The number of benzene rings is 1. The molecule has 0 saturated heterocycles. The van der Waals surface area contributed by atoms with E-state index in [0.717, 1.165) is 33.7 Å². The van der Waals surface area contributed by atoms with E-state index in [4.69, 9.17) is 4.52 Å². The largest absolute Gasteiger partial charge is 0.508 e. The number of ketones is 1. The topological polar surface area (TPSA) is 88.2 Å². The van der Waals surface area contributed by atoms with Gasteiger partial charge >= 0.3 is 0 Å².